The molecule has 3 aromatic rings. The lowest BCUT2D eigenvalue weighted by atomic mass is 9.95. The van der Waals surface area contributed by atoms with Crippen LogP contribution in [0.1, 0.15) is 43.4 Å². The third kappa shape index (κ3) is 4.54. The molecule has 1 fully saturated rings. The lowest BCUT2D eigenvalue weighted by Gasteiger charge is -2.23. The topological polar surface area (TPSA) is 98.2 Å². The number of aliphatic hydroxyl groups excluding tert-OH is 1. The van der Waals surface area contributed by atoms with Gasteiger partial charge in [0.15, 0.2) is 16.6 Å². The number of fused-ring (bicyclic) bond motifs is 1. The van der Waals surface area contributed by atoms with E-state index in [2.05, 4.69) is 11.9 Å². The maximum Gasteiger partial charge on any atom is 0.301 e. The number of carbonyl (C=O) groups is 2. The van der Waals surface area contributed by atoms with Crippen LogP contribution in [0.2, 0.25) is 0 Å². The molecule has 36 heavy (non-hydrogen) atoms. The van der Waals surface area contributed by atoms with Crippen LogP contribution < -0.4 is 19.1 Å². The van der Waals surface area contributed by atoms with E-state index >= 15 is 0 Å². The third-order valence-electron chi connectivity index (χ3n) is 6.08. The summed E-state index contributed by atoms with van der Waals surface area (Å²) in [6.45, 7) is 3.52. The number of amides is 1. The summed E-state index contributed by atoms with van der Waals surface area (Å²) in [5, 5.41) is 13.5. The number of rotatable bonds is 8. The molecule has 186 valence electrons. The molecule has 1 N–H and O–H groups in total. The summed E-state index contributed by atoms with van der Waals surface area (Å²) in [6.07, 6.45) is 4.66. The molecule has 8 nitrogen and oxygen atoms in total. The third-order valence-corrected chi connectivity index (χ3v) is 6.85. The molecule has 2 aliphatic rings. The van der Waals surface area contributed by atoms with Gasteiger partial charge in [-0.3, -0.25) is 14.5 Å². The van der Waals surface area contributed by atoms with Gasteiger partial charge in [-0.2, -0.15) is 0 Å². The molecule has 9 heteroatoms. The van der Waals surface area contributed by atoms with Crippen molar-refractivity contribution in [2.75, 3.05) is 24.7 Å². The summed E-state index contributed by atoms with van der Waals surface area (Å²) in [4.78, 5) is 32.1. The maximum atomic E-state index is 13.3. The number of Topliss-reactive ketones (excluding diaryl/α,β-unsaturated/α-hetero) is 1. The van der Waals surface area contributed by atoms with Gasteiger partial charge in [0.1, 0.15) is 24.7 Å². The van der Waals surface area contributed by atoms with Crippen molar-refractivity contribution >= 4 is 33.9 Å². The van der Waals surface area contributed by atoms with Crippen LogP contribution in [0, 0.1) is 0 Å². The number of nitrogens with zero attached hydrogens (tertiary/aromatic N) is 2. The van der Waals surface area contributed by atoms with E-state index in [-0.39, 0.29) is 11.3 Å². The van der Waals surface area contributed by atoms with E-state index in [0.29, 0.717) is 53.3 Å². The van der Waals surface area contributed by atoms with Crippen molar-refractivity contribution < 1.29 is 28.9 Å². The highest BCUT2D eigenvalue weighted by atomic mass is 32.1. The first-order chi connectivity index (χ1) is 17.6. The molecule has 1 atom stereocenters. The molecule has 5 rings (SSSR count). The molecule has 2 aromatic carbocycles. The largest absolute Gasteiger partial charge is 0.507 e. The van der Waals surface area contributed by atoms with E-state index in [1.807, 2.05) is 18.2 Å². The van der Waals surface area contributed by atoms with Crippen LogP contribution in [0.5, 0.6) is 17.2 Å². The number of hydrogen-bond acceptors (Lipinski definition) is 8. The van der Waals surface area contributed by atoms with Gasteiger partial charge in [-0.1, -0.05) is 31.9 Å². The number of anilines is 1. The Bertz CT molecular complexity index is 1300. The fourth-order valence-electron chi connectivity index (χ4n) is 4.34. The standard InChI is InChI=1S/C27H26N2O6S/c1-2-3-4-11-33-19-7-5-6-17(15-19)23-22(25(31)26(32)29(23)27-28-10-14-36-27)24(30)18-8-9-20-21(16-18)35-13-12-34-20/h5-10,14-16,23,30H,2-4,11-13H2,1H3. The molecule has 1 aromatic heterocycles. The fourth-order valence-corrected chi connectivity index (χ4v) is 5.01. The molecule has 0 spiro atoms. The Hall–Kier alpha value is -3.85. The number of ketones is 1. The number of benzene rings is 2. The Morgan fingerprint density at radius 2 is 1.97 bits per heavy atom. The summed E-state index contributed by atoms with van der Waals surface area (Å²) in [7, 11) is 0. The second-order valence-electron chi connectivity index (χ2n) is 8.47. The monoisotopic (exact) mass is 506 g/mol. The van der Waals surface area contributed by atoms with Crippen molar-refractivity contribution in [2.24, 2.45) is 0 Å². The van der Waals surface area contributed by atoms with Crippen LogP contribution in [0.25, 0.3) is 5.76 Å². The molecule has 1 saturated heterocycles. The molecule has 0 radical (unpaired) electrons. The number of unbranched alkanes of at least 4 members (excludes halogenated alkanes) is 2. The summed E-state index contributed by atoms with van der Waals surface area (Å²) in [5.41, 5.74) is 0.972. The van der Waals surface area contributed by atoms with Crippen LogP contribution in [0.15, 0.2) is 59.6 Å². The summed E-state index contributed by atoms with van der Waals surface area (Å²) in [5.74, 6) is -0.152. The van der Waals surface area contributed by atoms with Crippen molar-refractivity contribution in [3.63, 3.8) is 0 Å². The molecule has 0 aliphatic carbocycles. The number of aliphatic hydroxyl groups is 1. The molecular formula is C27H26N2O6S. The van der Waals surface area contributed by atoms with E-state index in [1.54, 1.807) is 35.8 Å². The second-order valence-corrected chi connectivity index (χ2v) is 9.34. The molecule has 3 heterocycles. The van der Waals surface area contributed by atoms with E-state index in [4.69, 9.17) is 14.2 Å². The smallest absolute Gasteiger partial charge is 0.301 e. The summed E-state index contributed by atoms with van der Waals surface area (Å²) < 4.78 is 17.1. The number of ether oxygens (including phenoxy) is 3. The minimum Gasteiger partial charge on any atom is -0.507 e. The predicted octanol–water partition coefficient (Wildman–Crippen LogP) is 5.11. The van der Waals surface area contributed by atoms with Gasteiger partial charge in [0.2, 0.25) is 0 Å². The quantitative estimate of drug-likeness (QED) is 0.196. The number of hydrogen-bond donors (Lipinski definition) is 1. The highest BCUT2D eigenvalue weighted by Gasteiger charge is 2.48. The molecule has 0 saturated carbocycles. The molecule has 1 unspecified atom stereocenters. The Morgan fingerprint density at radius 1 is 1.14 bits per heavy atom. The Kier molecular flexibility index (Phi) is 6.90. The Balaban J connectivity index is 1.58. The van der Waals surface area contributed by atoms with Crippen molar-refractivity contribution in [1.29, 1.82) is 0 Å². The lowest BCUT2D eigenvalue weighted by molar-refractivity contribution is -0.132. The zero-order valence-electron chi connectivity index (χ0n) is 19.8. The number of aromatic nitrogens is 1. The Morgan fingerprint density at radius 3 is 2.75 bits per heavy atom. The maximum absolute atomic E-state index is 13.3. The van der Waals surface area contributed by atoms with Gasteiger partial charge >= 0.3 is 5.91 Å². The molecular weight excluding hydrogens is 480 g/mol. The van der Waals surface area contributed by atoms with Gasteiger partial charge in [0, 0.05) is 17.1 Å². The molecule has 2 aliphatic heterocycles. The van der Waals surface area contributed by atoms with E-state index in [0.717, 1.165) is 19.3 Å². The predicted molar refractivity (Wildman–Crippen MR) is 136 cm³/mol. The van der Waals surface area contributed by atoms with Gasteiger partial charge in [-0.05, 0) is 42.3 Å². The van der Waals surface area contributed by atoms with E-state index in [9.17, 15) is 14.7 Å². The SMILES string of the molecule is CCCCCOc1cccc(C2C(=C(O)c3ccc4c(c3)OCCO4)C(=O)C(=O)N2c2nccs2)c1. The Labute approximate surface area is 212 Å². The minimum atomic E-state index is -0.872. The first-order valence-corrected chi connectivity index (χ1v) is 12.8. The van der Waals surface area contributed by atoms with Crippen molar-refractivity contribution in [3.8, 4) is 17.2 Å². The first kappa shape index (κ1) is 23.9. The highest BCUT2D eigenvalue weighted by molar-refractivity contribution is 7.14. The van der Waals surface area contributed by atoms with Gasteiger partial charge in [0.05, 0.1) is 18.2 Å². The number of carbonyl (C=O) groups excluding carboxylic acids is 2. The van der Waals surface area contributed by atoms with E-state index in [1.165, 1.54) is 16.2 Å². The normalized spacial score (nSPS) is 18.5. The highest BCUT2D eigenvalue weighted by Crippen LogP contribution is 2.44. The average Bonchev–Trinajstić information content (AvgIpc) is 3.52. The average molecular weight is 507 g/mol. The first-order valence-electron chi connectivity index (χ1n) is 11.9. The van der Waals surface area contributed by atoms with Crippen LogP contribution in [0.3, 0.4) is 0 Å². The van der Waals surface area contributed by atoms with Crippen LogP contribution >= 0.6 is 11.3 Å². The summed E-state index contributed by atoms with van der Waals surface area (Å²) >= 11 is 1.25. The van der Waals surface area contributed by atoms with Crippen LogP contribution in [-0.4, -0.2) is 41.6 Å². The number of thiazole rings is 1. The summed E-state index contributed by atoms with van der Waals surface area (Å²) in [6, 6.07) is 11.3. The van der Waals surface area contributed by atoms with Crippen molar-refractivity contribution in [1.82, 2.24) is 4.98 Å². The zero-order chi connectivity index (χ0) is 25.1. The van der Waals surface area contributed by atoms with E-state index < -0.39 is 17.7 Å². The van der Waals surface area contributed by atoms with Gasteiger partial charge in [-0.15, -0.1) is 11.3 Å². The fraction of sp³-hybridized carbons (Fsp3) is 0.296. The lowest BCUT2D eigenvalue weighted by Crippen LogP contribution is -2.29. The van der Waals surface area contributed by atoms with Crippen molar-refractivity contribution in [3.05, 3.63) is 70.7 Å². The van der Waals surface area contributed by atoms with Gasteiger partial charge in [0.25, 0.3) is 5.78 Å². The molecule has 1 amide bonds. The zero-order valence-corrected chi connectivity index (χ0v) is 20.6. The molecule has 0 bridgehead atoms. The van der Waals surface area contributed by atoms with Crippen LogP contribution in [-0.2, 0) is 9.59 Å². The second kappa shape index (κ2) is 10.4. The van der Waals surface area contributed by atoms with Gasteiger partial charge in [-0.25, -0.2) is 4.98 Å². The van der Waals surface area contributed by atoms with Crippen LogP contribution in [0.4, 0.5) is 5.13 Å². The van der Waals surface area contributed by atoms with Crippen molar-refractivity contribution in [2.45, 2.75) is 32.2 Å². The minimum absolute atomic E-state index is 0.0185. The van der Waals surface area contributed by atoms with Gasteiger partial charge < -0.3 is 19.3 Å².